The molecule has 1 saturated heterocycles. The number of rotatable bonds is 5. The fourth-order valence-electron chi connectivity index (χ4n) is 2.46. The Labute approximate surface area is 105 Å². The minimum absolute atomic E-state index is 0.153. The summed E-state index contributed by atoms with van der Waals surface area (Å²) in [6, 6.07) is 0. The van der Waals surface area contributed by atoms with E-state index in [1.807, 2.05) is 26.0 Å². The number of likely N-dealkylation sites (N-methyl/N-ethyl adjacent to an activating group) is 2. The van der Waals surface area contributed by atoms with Crippen molar-refractivity contribution in [1.29, 1.82) is 0 Å². The van der Waals surface area contributed by atoms with E-state index in [0.29, 0.717) is 5.91 Å². The van der Waals surface area contributed by atoms with Gasteiger partial charge < -0.3 is 15.1 Å². The molecule has 100 valence electrons. The first-order valence-electron chi connectivity index (χ1n) is 6.63. The number of hydrogen-bond donors (Lipinski definition) is 1. The Hall–Kier alpha value is -0.610. The number of hydrogen-bond acceptors (Lipinski definition) is 3. The maximum atomic E-state index is 12.5. The predicted molar refractivity (Wildman–Crippen MR) is 71.0 cm³/mol. The van der Waals surface area contributed by atoms with Crippen LogP contribution >= 0.6 is 0 Å². The molecule has 0 spiro atoms. The summed E-state index contributed by atoms with van der Waals surface area (Å²) in [4.78, 5) is 16.5. The van der Waals surface area contributed by atoms with Crippen LogP contribution in [-0.2, 0) is 4.79 Å². The van der Waals surface area contributed by atoms with Gasteiger partial charge in [-0.05, 0) is 39.9 Å². The second-order valence-electron chi connectivity index (χ2n) is 5.44. The first-order valence-corrected chi connectivity index (χ1v) is 6.63. The second kappa shape index (κ2) is 6.36. The molecule has 4 nitrogen and oxygen atoms in total. The molecular weight excluding hydrogens is 214 g/mol. The van der Waals surface area contributed by atoms with E-state index in [9.17, 15) is 4.79 Å². The SMILES string of the molecule is CCC1(C(=O)N(C)CCN(C)C)CCCNC1. The Morgan fingerprint density at radius 1 is 1.29 bits per heavy atom. The molecule has 1 atom stereocenters. The van der Waals surface area contributed by atoms with Crippen molar-refractivity contribution in [3.63, 3.8) is 0 Å². The van der Waals surface area contributed by atoms with Crippen molar-refractivity contribution < 1.29 is 4.79 Å². The van der Waals surface area contributed by atoms with Gasteiger partial charge in [-0.25, -0.2) is 0 Å². The average Bonchev–Trinajstić information content (AvgIpc) is 2.35. The minimum atomic E-state index is -0.153. The highest BCUT2D eigenvalue weighted by atomic mass is 16.2. The van der Waals surface area contributed by atoms with E-state index >= 15 is 0 Å². The van der Waals surface area contributed by atoms with Crippen molar-refractivity contribution in [3.8, 4) is 0 Å². The van der Waals surface area contributed by atoms with Gasteiger partial charge in [0.1, 0.15) is 0 Å². The minimum Gasteiger partial charge on any atom is -0.344 e. The molecule has 1 heterocycles. The van der Waals surface area contributed by atoms with E-state index in [-0.39, 0.29) is 5.41 Å². The van der Waals surface area contributed by atoms with Crippen LogP contribution in [0.2, 0.25) is 0 Å². The molecule has 0 bridgehead atoms. The number of carbonyl (C=O) groups is 1. The average molecular weight is 241 g/mol. The maximum absolute atomic E-state index is 12.5. The van der Waals surface area contributed by atoms with Crippen molar-refractivity contribution in [1.82, 2.24) is 15.1 Å². The van der Waals surface area contributed by atoms with Crippen molar-refractivity contribution in [2.75, 3.05) is 47.3 Å². The topological polar surface area (TPSA) is 35.6 Å². The first kappa shape index (κ1) is 14.5. The molecule has 0 aliphatic carbocycles. The van der Waals surface area contributed by atoms with Gasteiger partial charge in [0, 0.05) is 26.7 Å². The van der Waals surface area contributed by atoms with Gasteiger partial charge in [0.15, 0.2) is 0 Å². The van der Waals surface area contributed by atoms with Crippen LogP contribution < -0.4 is 5.32 Å². The van der Waals surface area contributed by atoms with E-state index in [0.717, 1.165) is 45.4 Å². The van der Waals surface area contributed by atoms with E-state index in [1.165, 1.54) is 0 Å². The summed E-state index contributed by atoms with van der Waals surface area (Å²) < 4.78 is 0. The third-order valence-corrected chi connectivity index (χ3v) is 3.83. The molecule has 17 heavy (non-hydrogen) atoms. The van der Waals surface area contributed by atoms with Crippen LogP contribution in [-0.4, -0.2) is 63.0 Å². The molecule has 1 amide bonds. The molecule has 1 rings (SSSR count). The van der Waals surface area contributed by atoms with Crippen LogP contribution in [0.25, 0.3) is 0 Å². The molecular formula is C13H27N3O. The van der Waals surface area contributed by atoms with Crippen LogP contribution in [0, 0.1) is 5.41 Å². The molecule has 0 aromatic heterocycles. The maximum Gasteiger partial charge on any atom is 0.229 e. The molecule has 0 saturated carbocycles. The van der Waals surface area contributed by atoms with Gasteiger partial charge in [0.25, 0.3) is 0 Å². The van der Waals surface area contributed by atoms with Gasteiger partial charge in [0.2, 0.25) is 5.91 Å². The quantitative estimate of drug-likeness (QED) is 0.773. The zero-order valence-electron chi connectivity index (χ0n) is 11.8. The van der Waals surface area contributed by atoms with Crippen LogP contribution in [0.5, 0.6) is 0 Å². The zero-order chi connectivity index (χ0) is 12.9. The predicted octanol–water partition coefficient (Wildman–Crippen LogP) is 0.786. The van der Waals surface area contributed by atoms with Crippen molar-refractivity contribution in [2.45, 2.75) is 26.2 Å². The Morgan fingerprint density at radius 2 is 2.00 bits per heavy atom. The molecule has 0 radical (unpaired) electrons. The lowest BCUT2D eigenvalue weighted by Crippen LogP contribution is -2.51. The van der Waals surface area contributed by atoms with Gasteiger partial charge in [0.05, 0.1) is 5.41 Å². The number of nitrogens with zero attached hydrogens (tertiary/aromatic N) is 2. The van der Waals surface area contributed by atoms with E-state index < -0.39 is 0 Å². The largest absolute Gasteiger partial charge is 0.344 e. The van der Waals surface area contributed by atoms with Crippen LogP contribution in [0.3, 0.4) is 0 Å². The van der Waals surface area contributed by atoms with E-state index in [2.05, 4.69) is 17.1 Å². The lowest BCUT2D eigenvalue weighted by molar-refractivity contribution is -0.142. The van der Waals surface area contributed by atoms with Gasteiger partial charge in [-0.1, -0.05) is 6.92 Å². The Balaban J connectivity index is 2.58. The fourth-order valence-corrected chi connectivity index (χ4v) is 2.46. The van der Waals surface area contributed by atoms with Crippen molar-refractivity contribution in [3.05, 3.63) is 0 Å². The fraction of sp³-hybridized carbons (Fsp3) is 0.923. The van der Waals surface area contributed by atoms with Gasteiger partial charge >= 0.3 is 0 Å². The highest BCUT2D eigenvalue weighted by Gasteiger charge is 2.39. The monoisotopic (exact) mass is 241 g/mol. The summed E-state index contributed by atoms with van der Waals surface area (Å²) in [5, 5.41) is 3.37. The normalized spacial score (nSPS) is 25.0. The second-order valence-corrected chi connectivity index (χ2v) is 5.44. The van der Waals surface area contributed by atoms with Crippen LogP contribution in [0.15, 0.2) is 0 Å². The lowest BCUT2D eigenvalue weighted by atomic mass is 9.77. The summed E-state index contributed by atoms with van der Waals surface area (Å²) in [6.45, 7) is 5.76. The standard InChI is InChI=1S/C13H27N3O/c1-5-13(7-6-8-14-11-13)12(17)16(4)10-9-15(2)3/h14H,5-11H2,1-4H3. The smallest absolute Gasteiger partial charge is 0.229 e. The van der Waals surface area contributed by atoms with E-state index in [4.69, 9.17) is 0 Å². The lowest BCUT2D eigenvalue weighted by Gasteiger charge is -2.38. The van der Waals surface area contributed by atoms with Gasteiger partial charge in [-0.3, -0.25) is 4.79 Å². The first-order chi connectivity index (χ1) is 8.02. The highest BCUT2D eigenvalue weighted by Crippen LogP contribution is 2.31. The molecule has 4 heteroatoms. The number of nitrogens with one attached hydrogen (secondary N) is 1. The molecule has 0 aromatic rings. The van der Waals surface area contributed by atoms with Crippen LogP contribution in [0.1, 0.15) is 26.2 Å². The van der Waals surface area contributed by atoms with Crippen molar-refractivity contribution >= 4 is 5.91 Å². The summed E-state index contributed by atoms with van der Waals surface area (Å²) in [5.74, 6) is 0.314. The zero-order valence-corrected chi connectivity index (χ0v) is 11.8. The number of piperidine rings is 1. The Bertz CT molecular complexity index is 247. The Kier molecular flexibility index (Phi) is 5.40. The molecule has 1 unspecified atom stereocenters. The molecule has 1 fully saturated rings. The Morgan fingerprint density at radius 3 is 2.47 bits per heavy atom. The van der Waals surface area contributed by atoms with Gasteiger partial charge in [-0.15, -0.1) is 0 Å². The number of amides is 1. The summed E-state index contributed by atoms with van der Waals surface area (Å²) in [5.41, 5.74) is -0.153. The third-order valence-electron chi connectivity index (χ3n) is 3.83. The summed E-state index contributed by atoms with van der Waals surface area (Å²) in [6.07, 6.45) is 3.08. The molecule has 1 aliphatic heterocycles. The van der Waals surface area contributed by atoms with Gasteiger partial charge in [-0.2, -0.15) is 0 Å². The highest BCUT2D eigenvalue weighted by molar-refractivity contribution is 5.82. The number of carbonyl (C=O) groups excluding carboxylic acids is 1. The molecule has 0 aromatic carbocycles. The molecule has 1 aliphatic rings. The van der Waals surface area contributed by atoms with Crippen LogP contribution in [0.4, 0.5) is 0 Å². The molecule has 1 N–H and O–H groups in total. The third kappa shape index (κ3) is 3.68. The summed E-state index contributed by atoms with van der Waals surface area (Å²) in [7, 11) is 6.00. The summed E-state index contributed by atoms with van der Waals surface area (Å²) >= 11 is 0. The van der Waals surface area contributed by atoms with E-state index in [1.54, 1.807) is 0 Å². The van der Waals surface area contributed by atoms with Crippen molar-refractivity contribution in [2.24, 2.45) is 5.41 Å².